The van der Waals surface area contributed by atoms with Gasteiger partial charge in [0.2, 0.25) is 5.96 Å². The van der Waals surface area contributed by atoms with Crippen molar-refractivity contribution >= 4 is 5.96 Å². The molecule has 0 aromatic heterocycles. The summed E-state index contributed by atoms with van der Waals surface area (Å²) < 4.78 is 0. The Bertz CT molecular complexity index is 228. The first-order valence-corrected chi connectivity index (χ1v) is 4.29. The minimum absolute atomic E-state index is 0.0695. The smallest absolute Gasteiger partial charge is 0.208 e. The van der Waals surface area contributed by atoms with Crippen LogP contribution < -0.4 is 5.84 Å². The van der Waals surface area contributed by atoms with Gasteiger partial charge in [0.25, 0.3) is 0 Å². The third-order valence-corrected chi connectivity index (χ3v) is 2.29. The number of hydrogen-bond acceptors (Lipinski definition) is 3. The third kappa shape index (κ3) is 1.92. The largest absolute Gasteiger partial charge is 0.511 e. The fourth-order valence-electron chi connectivity index (χ4n) is 1.35. The number of aliphatic hydroxyl groups excluding tert-OH is 1. The molecule has 0 aromatic rings. The maximum Gasteiger partial charge on any atom is 0.208 e. The van der Waals surface area contributed by atoms with E-state index >= 15 is 0 Å². The van der Waals surface area contributed by atoms with E-state index in [0.29, 0.717) is 6.54 Å². The molecule has 0 aromatic carbocycles. The van der Waals surface area contributed by atoms with Gasteiger partial charge in [-0.1, -0.05) is 6.58 Å². The Kier molecular flexibility index (Phi) is 2.77. The van der Waals surface area contributed by atoms with Crippen LogP contribution in [0.3, 0.4) is 0 Å². The van der Waals surface area contributed by atoms with Crippen LogP contribution in [0.25, 0.3) is 0 Å². The third-order valence-electron chi connectivity index (χ3n) is 2.29. The monoisotopic (exact) mass is 184 g/mol. The molecule has 0 bridgehead atoms. The van der Waals surface area contributed by atoms with Gasteiger partial charge in [-0.15, -0.1) is 0 Å². The van der Waals surface area contributed by atoms with Gasteiger partial charge < -0.3 is 10.0 Å². The van der Waals surface area contributed by atoms with Crippen LogP contribution in [0.4, 0.5) is 0 Å². The normalized spacial score (nSPS) is 20.3. The minimum Gasteiger partial charge on any atom is -0.511 e. The van der Waals surface area contributed by atoms with Gasteiger partial charge in [0.1, 0.15) is 5.76 Å². The van der Waals surface area contributed by atoms with E-state index < -0.39 is 0 Å². The van der Waals surface area contributed by atoms with E-state index in [0.717, 1.165) is 13.0 Å². The fraction of sp³-hybridized carbons (Fsp3) is 0.625. The van der Waals surface area contributed by atoms with Gasteiger partial charge in [-0.05, 0) is 13.3 Å². The van der Waals surface area contributed by atoms with Gasteiger partial charge >= 0.3 is 0 Å². The van der Waals surface area contributed by atoms with Crippen molar-refractivity contribution in [2.24, 2.45) is 5.84 Å². The quantitative estimate of drug-likeness (QED) is 0.425. The Morgan fingerprint density at radius 2 is 2.31 bits per heavy atom. The van der Waals surface area contributed by atoms with Gasteiger partial charge in [-0.3, -0.25) is 10.4 Å². The van der Waals surface area contributed by atoms with E-state index in [4.69, 9.17) is 11.3 Å². The number of guanidine groups is 1. The molecule has 5 nitrogen and oxygen atoms in total. The lowest BCUT2D eigenvalue weighted by Crippen LogP contribution is -2.55. The molecule has 74 valence electrons. The SMILES string of the molecule is C=C(O)C(C)N1CCCN(N)C1=N. The molecule has 1 aliphatic heterocycles. The maximum atomic E-state index is 9.19. The van der Waals surface area contributed by atoms with Crippen molar-refractivity contribution in [2.75, 3.05) is 13.1 Å². The van der Waals surface area contributed by atoms with Crippen molar-refractivity contribution in [1.29, 1.82) is 5.41 Å². The van der Waals surface area contributed by atoms with Crippen molar-refractivity contribution in [1.82, 2.24) is 9.91 Å². The van der Waals surface area contributed by atoms with Gasteiger partial charge in [-0.25, -0.2) is 5.84 Å². The Morgan fingerprint density at radius 3 is 2.85 bits per heavy atom. The minimum atomic E-state index is -0.237. The molecular weight excluding hydrogens is 168 g/mol. The van der Waals surface area contributed by atoms with E-state index in [1.807, 2.05) is 0 Å². The predicted molar refractivity (Wildman–Crippen MR) is 51.2 cm³/mol. The molecule has 1 unspecified atom stereocenters. The Balaban J connectivity index is 2.68. The highest BCUT2D eigenvalue weighted by Crippen LogP contribution is 2.12. The predicted octanol–water partition coefficient (Wildman–Crippen LogP) is 0.263. The number of nitrogens with zero attached hydrogens (tertiary/aromatic N) is 2. The van der Waals surface area contributed by atoms with E-state index in [9.17, 15) is 5.11 Å². The van der Waals surface area contributed by atoms with Crippen LogP contribution in [-0.2, 0) is 0 Å². The van der Waals surface area contributed by atoms with Gasteiger partial charge in [0.05, 0.1) is 6.04 Å². The van der Waals surface area contributed by atoms with Crippen LogP contribution in [0.1, 0.15) is 13.3 Å². The maximum absolute atomic E-state index is 9.19. The highest BCUT2D eigenvalue weighted by molar-refractivity contribution is 5.77. The Morgan fingerprint density at radius 1 is 1.69 bits per heavy atom. The lowest BCUT2D eigenvalue weighted by Gasteiger charge is -2.38. The first-order valence-electron chi connectivity index (χ1n) is 4.29. The summed E-state index contributed by atoms with van der Waals surface area (Å²) in [4.78, 5) is 1.73. The molecule has 1 aliphatic rings. The molecule has 0 radical (unpaired) electrons. The van der Waals surface area contributed by atoms with Crippen LogP contribution in [0.15, 0.2) is 12.3 Å². The zero-order chi connectivity index (χ0) is 10.0. The van der Waals surface area contributed by atoms with E-state index in [1.54, 1.807) is 11.8 Å². The van der Waals surface area contributed by atoms with Crippen molar-refractivity contribution in [2.45, 2.75) is 19.4 Å². The van der Waals surface area contributed by atoms with E-state index in [2.05, 4.69) is 6.58 Å². The van der Waals surface area contributed by atoms with Gasteiger partial charge in [0.15, 0.2) is 0 Å². The Labute approximate surface area is 77.9 Å². The molecule has 5 heteroatoms. The standard InChI is InChI=1S/C8H16N4O/c1-6(7(2)13)11-4-3-5-12(10)8(11)9/h6,9,13H,2-5,10H2,1H3. The second-order valence-electron chi connectivity index (χ2n) is 3.23. The molecular formula is C8H16N4O. The summed E-state index contributed by atoms with van der Waals surface area (Å²) in [7, 11) is 0. The first-order chi connectivity index (χ1) is 6.04. The summed E-state index contributed by atoms with van der Waals surface area (Å²) in [5.74, 6) is 5.88. The molecule has 0 aliphatic carbocycles. The fourth-order valence-corrected chi connectivity index (χ4v) is 1.35. The summed E-state index contributed by atoms with van der Waals surface area (Å²) >= 11 is 0. The van der Waals surface area contributed by atoms with Gasteiger partial charge in [0, 0.05) is 13.1 Å². The van der Waals surface area contributed by atoms with Gasteiger partial charge in [-0.2, -0.15) is 0 Å². The number of rotatable bonds is 2. The summed E-state index contributed by atoms with van der Waals surface area (Å²) in [6.45, 7) is 6.69. The molecule has 1 heterocycles. The van der Waals surface area contributed by atoms with Crippen LogP contribution in [0.5, 0.6) is 0 Å². The number of nitrogens with two attached hydrogens (primary N) is 1. The molecule has 0 amide bonds. The van der Waals surface area contributed by atoms with Crippen molar-refractivity contribution < 1.29 is 5.11 Å². The molecule has 1 rings (SSSR count). The van der Waals surface area contributed by atoms with E-state index in [-0.39, 0.29) is 17.8 Å². The number of hydrazine groups is 1. The lowest BCUT2D eigenvalue weighted by atomic mass is 10.2. The average molecular weight is 184 g/mol. The second-order valence-corrected chi connectivity index (χ2v) is 3.23. The highest BCUT2D eigenvalue weighted by Gasteiger charge is 2.25. The highest BCUT2D eigenvalue weighted by atomic mass is 16.3. The molecule has 4 N–H and O–H groups in total. The number of aliphatic hydroxyl groups is 1. The summed E-state index contributed by atoms with van der Waals surface area (Å²) in [6.07, 6.45) is 0.899. The van der Waals surface area contributed by atoms with Crippen molar-refractivity contribution in [3.8, 4) is 0 Å². The second kappa shape index (κ2) is 3.66. The lowest BCUT2D eigenvalue weighted by molar-refractivity contribution is 0.200. The van der Waals surface area contributed by atoms with Crippen LogP contribution in [-0.4, -0.2) is 40.1 Å². The zero-order valence-corrected chi connectivity index (χ0v) is 7.82. The molecule has 1 saturated heterocycles. The average Bonchev–Trinajstić information content (AvgIpc) is 2.08. The molecule has 0 saturated carbocycles. The molecule has 1 fully saturated rings. The Hall–Kier alpha value is -1.23. The van der Waals surface area contributed by atoms with Crippen LogP contribution >= 0.6 is 0 Å². The molecule has 1 atom stereocenters. The number of hydrogen-bond donors (Lipinski definition) is 3. The summed E-state index contributed by atoms with van der Waals surface area (Å²) in [5, 5.41) is 18.2. The number of nitrogens with one attached hydrogen (secondary N) is 1. The molecule has 13 heavy (non-hydrogen) atoms. The topological polar surface area (TPSA) is 76.6 Å². The molecule has 0 spiro atoms. The summed E-state index contributed by atoms with van der Waals surface area (Å²) in [6, 6.07) is -0.237. The van der Waals surface area contributed by atoms with Crippen molar-refractivity contribution in [3.05, 3.63) is 12.3 Å². The zero-order valence-electron chi connectivity index (χ0n) is 7.82. The van der Waals surface area contributed by atoms with Crippen molar-refractivity contribution in [3.63, 3.8) is 0 Å². The summed E-state index contributed by atoms with van der Waals surface area (Å²) in [5.41, 5.74) is 0. The first kappa shape index (κ1) is 9.85. The van der Waals surface area contributed by atoms with Crippen LogP contribution in [0.2, 0.25) is 0 Å². The van der Waals surface area contributed by atoms with E-state index in [1.165, 1.54) is 5.01 Å². The van der Waals surface area contributed by atoms with Crippen LogP contribution in [0, 0.1) is 5.41 Å².